The quantitative estimate of drug-likeness (QED) is 0.326. The van der Waals surface area contributed by atoms with Crippen LogP contribution in [0.25, 0.3) is 0 Å². The fraction of sp³-hybridized carbons (Fsp3) is 0. The Balaban J connectivity index is 1.42. The first-order valence-electron chi connectivity index (χ1n) is 10.1. The van der Waals surface area contributed by atoms with E-state index in [9.17, 15) is 13.2 Å². The van der Waals surface area contributed by atoms with E-state index < -0.39 is 10.0 Å². The Kier molecular flexibility index (Phi) is 6.56. The van der Waals surface area contributed by atoms with Crippen molar-refractivity contribution in [1.82, 2.24) is 0 Å². The second kappa shape index (κ2) is 9.88. The van der Waals surface area contributed by atoms with E-state index in [1.54, 1.807) is 60.7 Å². The monoisotopic (exact) mass is 456 g/mol. The van der Waals surface area contributed by atoms with Crippen LogP contribution >= 0.6 is 0 Å². The number of anilines is 2. The van der Waals surface area contributed by atoms with Gasteiger partial charge in [0.15, 0.2) is 0 Å². The van der Waals surface area contributed by atoms with Crippen LogP contribution in [0, 0.1) is 0 Å². The van der Waals surface area contributed by atoms with E-state index >= 15 is 0 Å². The van der Waals surface area contributed by atoms with Gasteiger partial charge in [-0.15, -0.1) is 0 Å². The smallest absolute Gasteiger partial charge is 0.261 e. The molecule has 0 heterocycles. The van der Waals surface area contributed by atoms with Crippen LogP contribution in [0.4, 0.5) is 22.7 Å². The van der Waals surface area contributed by atoms with Crippen LogP contribution in [0.2, 0.25) is 0 Å². The van der Waals surface area contributed by atoms with Crippen molar-refractivity contribution in [2.24, 2.45) is 10.2 Å². The van der Waals surface area contributed by atoms with Crippen LogP contribution in [-0.2, 0) is 10.0 Å². The standard InChI is InChI=1S/C25H20N4O3S/c30-25(26-20-14-16-22(17-15-20)28-27-21-9-3-1-4-10-21)19-8-7-11-23(18-19)29-33(31,32)24-12-5-2-6-13-24/h1-18,29H,(H,26,30). The van der Waals surface area contributed by atoms with Crippen molar-refractivity contribution >= 4 is 38.7 Å². The predicted octanol–water partition coefficient (Wildman–Crippen LogP) is 6.16. The van der Waals surface area contributed by atoms with Crippen molar-refractivity contribution in [3.63, 3.8) is 0 Å². The lowest BCUT2D eigenvalue weighted by Gasteiger charge is -2.10. The van der Waals surface area contributed by atoms with Crippen molar-refractivity contribution in [3.05, 3.63) is 115 Å². The molecule has 4 aromatic rings. The van der Waals surface area contributed by atoms with Crippen molar-refractivity contribution < 1.29 is 13.2 Å². The molecule has 0 aliphatic carbocycles. The molecule has 0 atom stereocenters. The van der Waals surface area contributed by atoms with Crippen molar-refractivity contribution in [2.45, 2.75) is 4.90 Å². The molecule has 0 aromatic heterocycles. The van der Waals surface area contributed by atoms with E-state index in [4.69, 9.17) is 0 Å². The Morgan fingerprint density at radius 1 is 0.636 bits per heavy atom. The average Bonchev–Trinajstić information content (AvgIpc) is 2.85. The first kappa shape index (κ1) is 21.9. The van der Waals surface area contributed by atoms with Crippen LogP contribution in [0.1, 0.15) is 10.4 Å². The van der Waals surface area contributed by atoms with Crippen LogP contribution in [0.3, 0.4) is 0 Å². The summed E-state index contributed by atoms with van der Waals surface area (Å²) < 4.78 is 27.5. The van der Waals surface area contributed by atoms with E-state index in [1.165, 1.54) is 18.2 Å². The number of carbonyl (C=O) groups excluding carboxylic acids is 1. The van der Waals surface area contributed by atoms with Gasteiger partial charge in [0.25, 0.3) is 15.9 Å². The molecule has 4 aromatic carbocycles. The van der Waals surface area contributed by atoms with Gasteiger partial charge in [-0.05, 0) is 66.7 Å². The van der Waals surface area contributed by atoms with E-state index in [1.807, 2.05) is 30.3 Å². The maximum Gasteiger partial charge on any atom is 0.261 e. The highest BCUT2D eigenvalue weighted by molar-refractivity contribution is 7.92. The molecule has 0 saturated carbocycles. The fourth-order valence-corrected chi connectivity index (χ4v) is 4.03. The summed E-state index contributed by atoms with van der Waals surface area (Å²) in [5, 5.41) is 11.1. The predicted molar refractivity (Wildman–Crippen MR) is 129 cm³/mol. The molecule has 0 bridgehead atoms. The van der Waals surface area contributed by atoms with E-state index in [-0.39, 0.29) is 10.8 Å². The third kappa shape index (κ3) is 5.90. The van der Waals surface area contributed by atoms with Crippen LogP contribution in [-0.4, -0.2) is 14.3 Å². The van der Waals surface area contributed by atoms with E-state index in [0.29, 0.717) is 22.6 Å². The zero-order chi connectivity index (χ0) is 23.1. The van der Waals surface area contributed by atoms with E-state index in [2.05, 4.69) is 20.3 Å². The van der Waals surface area contributed by atoms with E-state index in [0.717, 1.165) is 5.69 Å². The largest absolute Gasteiger partial charge is 0.322 e. The topological polar surface area (TPSA) is 100.0 Å². The Hall–Kier alpha value is -4.30. The number of hydrogen-bond donors (Lipinski definition) is 2. The third-order valence-electron chi connectivity index (χ3n) is 4.59. The number of carbonyl (C=O) groups is 1. The lowest BCUT2D eigenvalue weighted by atomic mass is 10.2. The van der Waals surface area contributed by atoms with Gasteiger partial charge in [0, 0.05) is 16.9 Å². The van der Waals surface area contributed by atoms with Gasteiger partial charge in [0.05, 0.1) is 16.3 Å². The number of sulfonamides is 1. The molecule has 4 rings (SSSR count). The lowest BCUT2D eigenvalue weighted by molar-refractivity contribution is 0.102. The first-order valence-corrected chi connectivity index (χ1v) is 11.5. The molecule has 0 aliphatic rings. The fourth-order valence-electron chi connectivity index (χ4n) is 2.96. The van der Waals surface area contributed by atoms with Gasteiger partial charge >= 0.3 is 0 Å². The number of hydrogen-bond acceptors (Lipinski definition) is 5. The third-order valence-corrected chi connectivity index (χ3v) is 5.99. The number of azo groups is 1. The minimum Gasteiger partial charge on any atom is -0.322 e. The van der Waals surface area contributed by atoms with Gasteiger partial charge < -0.3 is 5.32 Å². The highest BCUT2D eigenvalue weighted by atomic mass is 32.2. The molecule has 0 aliphatic heterocycles. The van der Waals surface area contributed by atoms with Crippen molar-refractivity contribution in [2.75, 3.05) is 10.0 Å². The van der Waals surface area contributed by atoms with Crippen LogP contribution in [0.15, 0.2) is 124 Å². The summed E-state index contributed by atoms with van der Waals surface area (Å²) in [4.78, 5) is 12.8. The Morgan fingerprint density at radius 3 is 1.91 bits per heavy atom. The van der Waals surface area contributed by atoms with Gasteiger partial charge in [0.2, 0.25) is 0 Å². The molecule has 0 fully saturated rings. The summed E-state index contributed by atoms with van der Waals surface area (Å²) >= 11 is 0. The molecule has 164 valence electrons. The maximum atomic E-state index is 12.7. The molecule has 8 heteroatoms. The normalized spacial score (nSPS) is 11.3. The van der Waals surface area contributed by atoms with Gasteiger partial charge in [-0.3, -0.25) is 9.52 Å². The number of amides is 1. The molecule has 1 amide bonds. The molecule has 33 heavy (non-hydrogen) atoms. The number of nitrogens with zero attached hydrogens (tertiary/aromatic N) is 2. The summed E-state index contributed by atoms with van der Waals surface area (Å²) in [5.74, 6) is -0.366. The van der Waals surface area contributed by atoms with Gasteiger partial charge in [0.1, 0.15) is 0 Å². The Bertz CT molecular complexity index is 1370. The second-order valence-electron chi connectivity index (χ2n) is 7.04. The molecule has 0 saturated heterocycles. The lowest BCUT2D eigenvalue weighted by Crippen LogP contribution is -2.15. The van der Waals surface area contributed by atoms with Crippen LogP contribution < -0.4 is 10.0 Å². The Labute approximate surface area is 191 Å². The second-order valence-corrected chi connectivity index (χ2v) is 8.72. The average molecular weight is 457 g/mol. The first-order chi connectivity index (χ1) is 16.0. The SMILES string of the molecule is O=C(Nc1ccc(N=Nc2ccccc2)cc1)c1cccc(NS(=O)(=O)c2ccccc2)c1. The number of nitrogens with one attached hydrogen (secondary N) is 2. The molecular formula is C25H20N4O3S. The summed E-state index contributed by atoms with van der Waals surface area (Å²) in [6.07, 6.45) is 0. The van der Waals surface area contributed by atoms with Gasteiger partial charge in [-0.2, -0.15) is 10.2 Å². The molecule has 2 N–H and O–H groups in total. The summed E-state index contributed by atoms with van der Waals surface area (Å²) in [5.41, 5.74) is 2.58. The minimum atomic E-state index is -3.75. The van der Waals surface area contributed by atoms with Crippen LogP contribution in [0.5, 0.6) is 0 Å². The zero-order valence-electron chi connectivity index (χ0n) is 17.4. The number of benzene rings is 4. The highest BCUT2D eigenvalue weighted by Gasteiger charge is 2.14. The molecule has 0 unspecified atom stereocenters. The highest BCUT2D eigenvalue weighted by Crippen LogP contribution is 2.21. The minimum absolute atomic E-state index is 0.143. The molecule has 7 nitrogen and oxygen atoms in total. The molecule has 0 radical (unpaired) electrons. The summed E-state index contributed by atoms with van der Waals surface area (Å²) in [6.45, 7) is 0. The Morgan fingerprint density at radius 2 is 1.24 bits per heavy atom. The zero-order valence-corrected chi connectivity index (χ0v) is 18.2. The molecule has 0 spiro atoms. The summed E-state index contributed by atoms with van der Waals surface area (Å²) in [6, 6.07) is 30.6. The van der Waals surface area contributed by atoms with Gasteiger partial charge in [-0.1, -0.05) is 42.5 Å². The molecular weight excluding hydrogens is 436 g/mol. The number of rotatable bonds is 7. The summed E-state index contributed by atoms with van der Waals surface area (Å²) in [7, 11) is -3.75. The van der Waals surface area contributed by atoms with Gasteiger partial charge in [-0.25, -0.2) is 8.42 Å². The maximum absolute atomic E-state index is 12.7. The van der Waals surface area contributed by atoms with Crippen molar-refractivity contribution in [3.8, 4) is 0 Å². The van der Waals surface area contributed by atoms with Crippen molar-refractivity contribution in [1.29, 1.82) is 0 Å².